The standard InChI is InChI=1S/C43H84O3/c1-4-5-6-7-8-9-10-11-12-13-14-15-16-17-18-19-20-21-22-23-24-25-26-27-28-29-30-31-32-33-36-39-42(44)46-43(45)40-37-34-35-38-41(2)3/h41H,4-40H2,1-3H3. The molecular weight excluding hydrogens is 564 g/mol. The Morgan fingerprint density at radius 3 is 0.804 bits per heavy atom. The maximum Gasteiger partial charge on any atom is 0.313 e. The number of carbonyl (C=O) groups excluding carboxylic acids is 2. The molecule has 0 heterocycles. The molecule has 0 aliphatic heterocycles. The molecule has 0 aromatic rings. The van der Waals surface area contributed by atoms with Gasteiger partial charge in [0.15, 0.2) is 0 Å². The lowest BCUT2D eigenvalue weighted by atomic mass is 10.0. The molecule has 3 nitrogen and oxygen atoms in total. The van der Waals surface area contributed by atoms with E-state index in [9.17, 15) is 9.59 Å². The first kappa shape index (κ1) is 45.1. The Bertz CT molecular complexity index is 613. The van der Waals surface area contributed by atoms with E-state index in [0.29, 0.717) is 18.8 Å². The molecule has 0 atom stereocenters. The molecule has 0 amide bonds. The van der Waals surface area contributed by atoms with Crippen LogP contribution in [-0.4, -0.2) is 11.9 Å². The summed E-state index contributed by atoms with van der Waals surface area (Å²) in [7, 11) is 0. The fourth-order valence-electron chi connectivity index (χ4n) is 6.70. The van der Waals surface area contributed by atoms with Crippen LogP contribution in [0.15, 0.2) is 0 Å². The van der Waals surface area contributed by atoms with Crippen molar-refractivity contribution in [2.24, 2.45) is 5.92 Å². The molecular formula is C43H84O3. The van der Waals surface area contributed by atoms with E-state index in [1.165, 1.54) is 193 Å². The minimum atomic E-state index is -0.338. The van der Waals surface area contributed by atoms with Crippen LogP contribution in [-0.2, 0) is 14.3 Å². The SMILES string of the molecule is CCCCCCCCCCCCCCCCCCCCCCCCCCCCCCCCCC(=O)OC(=O)CCCCCC(C)C. The van der Waals surface area contributed by atoms with Crippen LogP contribution < -0.4 is 0 Å². The van der Waals surface area contributed by atoms with E-state index < -0.39 is 0 Å². The van der Waals surface area contributed by atoms with E-state index in [0.717, 1.165) is 32.1 Å². The van der Waals surface area contributed by atoms with Gasteiger partial charge in [-0.05, 0) is 18.8 Å². The number of rotatable bonds is 38. The van der Waals surface area contributed by atoms with Crippen LogP contribution in [0.4, 0.5) is 0 Å². The summed E-state index contributed by atoms with van der Waals surface area (Å²) in [4.78, 5) is 23.6. The van der Waals surface area contributed by atoms with Gasteiger partial charge in [0.2, 0.25) is 0 Å². The summed E-state index contributed by atoms with van der Waals surface area (Å²) in [5.41, 5.74) is 0. The summed E-state index contributed by atoms with van der Waals surface area (Å²) in [6, 6.07) is 0. The molecule has 0 N–H and O–H groups in total. The van der Waals surface area contributed by atoms with Gasteiger partial charge in [0.25, 0.3) is 0 Å². The van der Waals surface area contributed by atoms with Crippen molar-refractivity contribution in [2.45, 2.75) is 258 Å². The van der Waals surface area contributed by atoms with E-state index in [2.05, 4.69) is 20.8 Å². The zero-order valence-corrected chi connectivity index (χ0v) is 32.0. The summed E-state index contributed by atoms with van der Waals surface area (Å²) >= 11 is 0. The Hall–Kier alpha value is -0.860. The van der Waals surface area contributed by atoms with Crippen LogP contribution >= 0.6 is 0 Å². The average molecular weight is 649 g/mol. The molecule has 3 heteroatoms. The van der Waals surface area contributed by atoms with E-state index in [-0.39, 0.29) is 11.9 Å². The van der Waals surface area contributed by atoms with Crippen LogP contribution in [0.1, 0.15) is 258 Å². The molecule has 0 aliphatic rings. The normalized spacial score (nSPS) is 11.5. The highest BCUT2D eigenvalue weighted by atomic mass is 16.6. The third-order valence-electron chi connectivity index (χ3n) is 9.87. The molecule has 0 radical (unpaired) electrons. The molecule has 46 heavy (non-hydrogen) atoms. The third kappa shape index (κ3) is 39.3. The molecule has 0 bridgehead atoms. The van der Waals surface area contributed by atoms with Crippen molar-refractivity contribution in [1.29, 1.82) is 0 Å². The van der Waals surface area contributed by atoms with Crippen molar-refractivity contribution in [3.8, 4) is 0 Å². The zero-order valence-electron chi connectivity index (χ0n) is 32.0. The number of esters is 2. The highest BCUT2D eigenvalue weighted by Crippen LogP contribution is 2.17. The molecule has 0 saturated carbocycles. The van der Waals surface area contributed by atoms with Crippen LogP contribution in [0.2, 0.25) is 0 Å². The van der Waals surface area contributed by atoms with Gasteiger partial charge in [0, 0.05) is 12.8 Å². The molecule has 0 spiro atoms. The van der Waals surface area contributed by atoms with Crippen molar-refractivity contribution in [3.63, 3.8) is 0 Å². The zero-order chi connectivity index (χ0) is 33.6. The predicted octanol–water partition coefficient (Wildman–Crippen LogP) is 15.2. The topological polar surface area (TPSA) is 43.4 Å². The number of ether oxygens (including phenoxy) is 1. The van der Waals surface area contributed by atoms with Gasteiger partial charge in [-0.3, -0.25) is 9.59 Å². The fraction of sp³-hybridized carbons (Fsp3) is 0.953. The number of carbonyl (C=O) groups is 2. The fourth-order valence-corrected chi connectivity index (χ4v) is 6.70. The second-order valence-electron chi connectivity index (χ2n) is 15.2. The molecule has 0 rings (SSSR count). The molecule has 0 fully saturated rings. The Labute approximate surface area is 290 Å². The maximum atomic E-state index is 11.9. The van der Waals surface area contributed by atoms with E-state index in [1.807, 2.05) is 0 Å². The molecule has 0 saturated heterocycles. The highest BCUT2D eigenvalue weighted by molar-refractivity contribution is 5.85. The first-order valence-corrected chi connectivity index (χ1v) is 21.3. The first-order valence-electron chi connectivity index (χ1n) is 21.3. The van der Waals surface area contributed by atoms with Crippen LogP contribution in [0.5, 0.6) is 0 Å². The Morgan fingerprint density at radius 2 is 0.565 bits per heavy atom. The Morgan fingerprint density at radius 1 is 0.348 bits per heavy atom. The number of unbranched alkanes of at least 4 members (excludes halogenated alkanes) is 32. The van der Waals surface area contributed by atoms with E-state index in [4.69, 9.17) is 4.74 Å². The summed E-state index contributed by atoms with van der Waals surface area (Å²) < 4.78 is 4.97. The van der Waals surface area contributed by atoms with Gasteiger partial charge >= 0.3 is 11.9 Å². The van der Waals surface area contributed by atoms with Crippen LogP contribution in [0.3, 0.4) is 0 Å². The summed E-state index contributed by atoms with van der Waals surface area (Å²) in [6.07, 6.45) is 48.3. The highest BCUT2D eigenvalue weighted by Gasteiger charge is 2.10. The summed E-state index contributed by atoms with van der Waals surface area (Å²) in [5, 5.41) is 0. The first-order chi connectivity index (χ1) is 22.6. The van der Waals surface area contributed by atoms with Gasteiger partial charge in [0.1, 0.15) is 0 Å². The largest absolute Gasteiger partial charge is 0.393 e. The molecule has 0 aromatic heterocycles. The average Bonchev–Trinajstić information content (AvgIpc) is 3.03. The Kier molecular flexibility index (Phi) is 37.9. The van der Waals surface area contributed by atoms with Crippen molar-refractivity contribution < 1.29 is 14.3 Å². The molecule has 0 aliphatic carbocycles. The monoisotopic (exact) mass is 649 g/mol. The maximum absolute atomic E-state index is 11.9. The van der Waals surface area contributed by atoms with Gasteiger partial charge < -0.3 is 4.74 Å². The van der Waals surface area contributed by atoms with Gasteiger partial charge in [-0.15, -0.1) is 0 Å². The van der Waals surface area contributed by atoms with Gasteiger partial charge in [0.05, 0.1) is 0 Å². The Balaban J connectivity index is 3.17. The molecule has 0 unspecified atom stereocenters. The van der Waals surface area contributed by atoms with Gasteiger partial charge in [-0.25, -0.2) is 0 Å². The van der Waals surface area contributed by atoms with Crippen molar-refractivity contribution in [1.82, 2.24) is 0 Å². The van der Waals surface area contributed by atoms with Crippen molar-refractivity contribution in [3.05, 3.63) is 0 Å². The molecule has 0 aromatic carbocycles. The molecule has 274 valence electrons. The summed E-state index contributed by atoms with van der Waals surface area (Å²) in [6.45, 7) is 6.74. The van der Waals surface area contributed by atoms with Crippen molar-refractivity contribution in [2.75, 3.05) is 0 Å². The minimum absolute atomic E-state index is 0.331. The smallest absolute Gasteiger partial charge is 0.313 e. The predicted molar refractivity (Wildman–Crippen MR) is 202 cm³/mol. The van der Waals surface area contributed by atoms with Crippen LogP contribution in [0.25, 0.3) is 0 Å². The number of hydrogen-bond donors (Lipinski definition) is 0. The lowest BCUT2D eigenvalue weighted by molar-refractivity contribution is -0.159. The van der Waals surface area contributed by atoms with E-state index >= 15 is 0 Å². The minimum Gasteiger partial charge on any atom is -0.393 e. The lowest BCUT2D eigenvalue weighted by Gasteiger charge is -2.05. The third-order valence-corrected chi connectivity index (χ3v) is 9.87. The lowest BCUT2D eigenvalue weighted by Crippen LogP contribution is -2.11. The van der Waals surface area contributed by atoms with Gasteiger partial charge in [-0.1, -0.05) is 233 Å². The van der Waals surface area contributed by atoms with Crippen LogP contribution in [0, 0.1) is 5.92 Å². The second-order valence-corrected chi connectivity index (χ2v) is 15.2. The van der Waals surface area contributed by atoms with E-state index in [1.54, 1.807) is 0 Å². The second kappa shape index (κ2) is 38.6. The number of hydrogen-bond acceptors (Lipinski definition) is 3. The van der Waals surface area contributed by atoms with Crippen molar-refractivity contribution >= 4 is 11.9 Å². The summed E-state index contributed by atoms with van der Waals surface area (Å²) in [5.74, 6) is 0.0456. The van der Waals surface area contributed by atoms with Gasteiger partial charge in [-0.2, -0.15) is 0 Å². The quantitative estimate of drug-likeness (QED) is 0.0380.